The van der Waals surface area contributed by atoms with Crippen LogP contribution in [-0.2, 0) is 4.74 Å². The summed E-state index contributed by atoms with van der Waals surface area (Å²) in [7, 11) is 0. The normalized spacial score (nSPS) is 25.4. The first-order chi connectivity index (χ1) is 12.6. The largest absolute Gasteiger partial charge is 0.380 e. The minimum atomic E-state index is -0.334. The van der Waals surface area contributed by atoms with Crippen molar-refractivity contribution in [3.05, 3.63) is 54.1 Å². The number of amides is 1. The van der Waals surface area contributed by atoms with E-state index < -0.39 is 0 Å². The molecule has 0 saturated carbocycles. The summed E-state index contributed by atoms with van der Waals surface area (Å²) < 4.78 is 19.5. The van der Waals surface area contributed by atoms with Gasteiger partial charge in [-0.2, -0.15) is 10.2 Å². The van der Waals surface area contributed by atoms with Crippen molar-refractivity contribution in [3.63, 3.8) is 0 Å². The molecule has 0 bridgehead atoms. The first-order valence-corrected chi connectivity index (χ1v) is 8.86. The molecule has 1 N–H and O–H groups in total. The highest BCUT2D eigenvalue weighted by Crippen LogP contribution is 2.36. The van der Waals surface area contributed by atoms with Crippen LogP contribution >= 0.6 is 0 Å². The predicted octanol–water partition coefficient (Wildman–Crippen LogP) is 2.49. The quantitative estimate of drug-likeness (QED) is 0.915. The SMILES string of the molecule is O=C(c1ccnnc1)N1CCCC2(CC(Nc3cccc(F)c3)CO2)C1. The number of carbonyl (C=O) groups is 1. The van der Waals surface area contributed by atoms with Crippen molar-refractivity contribution >= 4 is 11.6 Å². The molecule has 6 nitrogen and oxygen atoms in total. The second kappa shape index (κ2) is 6.99. The van der Waals surface area contributed by atoms with E-state index in [1.807, 2.05) is 11.0 Å². The highest BCUT2D eigenvalue weighted by molar-refractivity contribution is 5.93. The van der Waals surface area contributed by atoms with Crippen LogP contribution < -0.4 is 5.32 Å². The van der Waals surface area contributed by atoms with Crippen molar-refractivity contribution in [2.45, 2.75) is 30.9 Å². The predicted molar refractivity (Wildman–Crippen MR) is 94.3 cm³/mol. The lowest BCUT2D eigenvalue weighted by molar-refractivity contribution is -0.0447. The first-order valence-electron chi connectivity index (χ1n) is 8.86. The number of likely N-dealkylation sites (tertiary alicyclic amines) is 1. The maximum absolute atomic E-state index is 13.4. The second-order valence-corrected chi connectivity index (χ2v) is 7.01. The Labute approximate surface area is 151 Å². The molecule has 0 radical (unpaired) electrons. The van der Waals surface area contributed by atoms with Crippen LogP contribution in [0.1, 0.15) is 29.6 Å². The van der Waals surface area contributed by atoms with Gasteiger partial charge in [-0.3, -0.25) is 4.79 Å². The highest BCUT2D eigenvalue weighted by Gasteiger charge is 2.44. The molecule has 2 aromatic rings. The zero-order valence-electron chi connectivity index (χ0n) is 14.4. The molecule has 1 spiro atoms. The summed E-state index contributed by atoms with van der Waals surface area (Å²) in [6.45, 7) is 1.83. The zero-order chi connectivity index (χ0) is 18.0. The first kappa shape index (κ1) is 16.9. The molecule has 2 aliphatic heterocycles. The molecule has 1 aromatic heterocycles. The number of hydrogen-bond acceptors (Lipinski definition) is 5. The molecule has 136 valence electrons. The summed E-state index contributed by atoms with van der Waals surface area (Å²) in [6.07, 6.45) is 5.64. The topological polar surface area (TPSA) is 67.4 Å². The Balaban J connectivity index is 1.42. The zero-order valence-corrected chi connectivity index (χ0v) is 14.4. The molecule has 4 rings (SSSR count). The van der Waals surface area contributed by atoms with Gasteiger partial charge in [0.05, 0.1) is 42.8 Å². The molecule has 0 aliphatic carbocycles. The van der Waals surface area contributed by atoms with E-state index >= 15 is 0 Å². The maximum Gasteiger partial charge on any atom is 0.255 e. The van der Waals surface area contributed by atoms with Gasteiger partial charge in [-0.25, -0.2) is 4.39 Å². The number of ether oxygens (including phenoxy) is 1. The van der Waals surface area contributed by atoms with Crippen molar-refractivity contribution in [1.82, 2.24) is 15.1 Å². The third-order valence-corrected chi connectivity index (χ3v) is 5.06. The monoisotopic (exact) mass is 356 g/mol. The Hall–Kier alpha value is -2.54. The highest BCUT2D eigenvalue weighted by atomic mass is 19.1. The Morgan fingerprint density at radius 1 is 1.35 bits per heavy atom. The van der Waals surface area contributed by atoms with Gasteiger partial charge in [0, 0.05) is 18.7 Å². The lowest BCUT2D eigenvalue weighted by Gasteiger charge is -2.39. The van der Waals surface area contributed by atoms with Gasteiger partial charge < -0.3 is 15.0 Å². The second-order valence-electron chi connectivity index (χ2n) is 7.01. The standard InChI is InChI=1S/C19H21FN4O2/c20-15-3-1-4-16(9-15)23-17-10-19(26-12-17)6-2-8-24(13-19)18(25)14-5-7-21-22-11-14/h1,3-5,7,9,11,17,23H,2,6,8,10,12-13H2. The molecule has 1 amide bonds. The fourth-order valence-corrected chi connectivity index (χ4v) is 3.91. The lowest BCUT2D eigenvalue weighted by Crippen LogP contribution is -2.50. The van der Waals surface area contributed by atoms with Crippen LogP contribution in [0.5, 0.6) is 0 Å². The van der Waals surface area contributed by atoms with Crippen LogP contribution in [-0.4, -0.2) is 52.3 Å². The summed E-state index contributed by atoms with van der Waals surface area (Å²) in [5.74, 6) is -0.298. The van der Waals surface area contributed by atoms with E-state index in [0.29, 0.717) is 25.3 Å². The summed E-state index contributed by atoms with van der Waals surface area (Å²) >= 11 is 0. The van der Waals surface area contributed by atoms with E-state index in [1.54, 1.807) is 12.1 Å². The molecule has 2 atom stereocenters. The third-order valence-electron chi connectivity index (χ3n) is 5.06. The smallest absolute Gasteiger partial charge is 0.255 e. The molecule has 7 heteroatoms. The van der Waals surface area contributed by atoms with Crippen LogP contribution in [0.15, 0.2) is 42.7 Å². The van der Waals surface area contributed by atoms with Gasteiger partial charge in [0.25, 0.3) is 5.91 Å². The maximum atomic E-state index is 13.4. The number of halogens is 1. The number of aromatic nitrogens is 2. The van der Waals surface area contributed by atoms with Gasteiger partial charge in [0.1, 0.15) is 5.82 Å². The van der Waals surface area contributed by atoms with Crippen LogP contribution in [0.4, 0.5) is 10.1 Å². The Kier molecular flexibility index (Phi) is 4.55. The minimum absolute atomic E-state index is 0.0379. The Morgan fingerprint density at radius 2 is 2.27 bits per heavy atom. The van der Waals surface area contributed by atoms with Crippen LogP contribution in [0, 0.1) is 5.82 Å². The molecule has 2 saturated heterocycles. The van der Waals surface area contributed by atoms with Gasteiger partial charge in [-0.05, 0) is 37.1 Å². The number of nitrogens with one attached hydrogen (secondary N) is 1. The molecule has 26 heavy (non-hydrogen) atoms. The van der Waals surface area contributed by atoms with Crippen LogP contribution in [0.25, 0.3) is 0 Å². The summed E-state index contributed by atoms with van der Waals surface area (Å²) in [5.41, 5.74) is 0.964. The number of hydrogen-bond donors (Lipinski definition) is 1. The van der Waals surface area contributed by atoms with Gasteiger partial charge >= 0.3 is 0 Å². The van der Waals surface area contributed by atoms with Gasteiger partial charge in [-0.1, -0.05) is 6.07 Å². The van der Waals surface area contributed by atoms with E-state index in [2.05, 4.69) is 15.5 Å². The fraction of sp³-hybridized carbons (Fsp3) is 0.421. The summed E-state index contributed by atoms with van der Waals surface area (Å²) in [4.78, 5) is 14.5. The number of carbonyl (C=O) groups excluding carboxylic acids is 1. The minimum Gasteiger partial charge on any atom is -0.380 e. The Morgan fingerprint density at radius 3 is 3.08 bits per heavy atom. The van der Waals surface area contributed by atoms with Crippen molar-refractivity contribution in [3.8, 4) is 0 Å². The van der Waals surface area contributed by atoms with Crippen LogP contribution in [0.2, 0.25) is 0 Å². The average molecular weight is 356 g/mol. The molecule has 2 unspecified atom stereocenters. The average Bonchev–Trinajstić information content (AvgIpc) is 3.03. The van der Waals surface area contributed by atoms with Crippen molar-refractivity contribution in [2.24, 2.45) is 0 Å². The van der Waals surface area contributed by atoms with Crippen molar-refractivity contribution < 1.29 is 13.9 Å². The van der Waals surface area contributed by atoms with Crippen molar-refractivity contribution in [1.29, 1.82) is 0 Å². The van der Waals surface area contributed by atoms with Gasteiger partial charge in [-0.15, -0.1) is 0 Å². The van der Waals surface area contributed by atoms with Gasteiger partial charge in [0.15, 0.2) is 0 Å². The third kappa shape index (κ3) is 3.53. The van der Waals surface area contributed by atoms with E-state index in [0.717, 1.165) is 24.9 Å². The summed E-state index contributed by atoms with van der Waals surface area (Å²) in [5, 5.41) is 10.8. The number of anilines is 1. The Bertz CT molecular complexity index is 788. The van der Waals surface area contributed by atoms with E-state index in [1.165, 1.54) is 24.5 Å². The number of nitrogens with zero attached hydrogens (tertiary/aromatic N) is 3. The molecule has 2 aliphatic rings. The fourth-order valence-electron chi connectivity index (χ4n) is 3.91. The number of rotatable bonds is 3. The summed E-state index contributed by atoms with van der Waals surface area (Å²) in [6, 6.07) is 8.23. The molecule has 3 heterocycles. The van der Waals surface area contributed by atoms with E-state index in [4.69, 9.17) is 4.74 Å². The van der Waals surface area contributed by atoms with Crippen molar-refractivity contribution in [2.75, 3.05) is 25.0 Å². The van der Waals surface area contributed by atoms with E-state index in [-0.39, 0.29) is 23.4 Å². The van der Waals surface area contributed by atoms with Gasteiger partial charge in [0.2, 0.25) is 0 Å². The molecular formula is C19H21FN4O2. The molecule has 1 aromatic carbocycles. The number of piperidine rings is 1. The lowest BCUT2D eigenvalue weighted by atomic mass is 9.88. The van der Waals surface area contributed by atoms with Crippen LogP contribution in [0.3, 0.4) is 0 Å². The molecule has 2 fully saturated rings. The molecular weight excluding hydrogens is 335 g/mol. The van der Waals surface area contributed by atoms with E-state index in [9.17, 15) is 9.18 Å². The number of benzene rings is 1.